The van der Waals surface area contributed by atoms with Gasteiger partial charge in [-0.05, 0) is 36.6 Å². The summed E-state index contributed by atoms with van der Waals surface area (Å²) in [6, 6.07) is 7.32. The summed E-state index contributed by atoms with van der Waals surface area (Å²) >= 11 is 1.09. The van der Waals surface area contributed by atoms with Crippen molar-refractivity contribution in [2.24, 2.45) is 0 Å². The van der Waals surface area contributed by atoms with Gasteiger partial charge >= 0.3 is 0 Å². The number of fused-ring (bicyclic) bond motifs is 1. The fraction of sp³-hybridized carbons (Fsp3) is 0.294. The maximum absolute atomic E-state index is 12.3. The molecule has 3 rings (SSSR count). The lowest BCUT2D eigenvalue weighted by Crippen LogP contribution is -2.41. The number of nitrogens with zero attached hydrogens (tertiary/aromatic N) is 1. The number of anilines is 1. The average molecular weight is 393 g/mol. The zero-order valence-corrected chi connectivity index (χ0v) is 16.1. The fourth-order valence-corrected chi connectivity index (χ4v) is 4.49. The van der Waals surface area contributed by atoms with Gasteiger partial charge < -0.3 is 9.73 Å². The monoisotopic (exact) mass is 393 g/mol. The van der Waals surface area contributed by atoms with Crippen LogP contribution in [-0.2, 0) is 14.8 Å². The fourth-order valence-electron chi connectivity index (χ4n) is 2.28. The Morgan fingerprint density at radius 2 is 2.00 bits per heavy atom. The Morgan fingerprint density at radius 3 is 2.65 bits per heavy atom. The van der Waals surface area contributed by atoms with Crippen molar-refractivity contribution in [1.82, 2.24) is 9.71 Å². The molecule has 0 bridgehead atoms. The molecule has 26 heavy (non-hydrogen) atoms. The molecular weight excluding hydrogens is 374 g/mol. The first-order chi connectivity index (χ1) is 12.3. The van der Waals surface area contributed by atoms with Crippen LogP contribution in [0.25, 0.3) is 11.1 Å². The van der Waals surface area contributed by atoms with E-state index in [1.807, 2.05) is 13.8 Å². The van der Waals surface area contributed by atoms with E-state index in [1.54, 1.807) is 29.6 Å². The van der Waals surface area contributed by atoms with Crippen LogP contribution in [-0.4, -0.2) is 25.4 Å². The van der Waals surface area contributed by atoms with Gasteiger partial charge in [-0.25, -0.2) is 13.4 Å². The van der Waals surface area contributed by atoms with Gasteiger partial charge in [0.25, 0.3) is 10.0 Å². The number of amides is 1. The highest BCUT2D eigenvalue weighted by molar-refractivity contribution is 7.91. The number of benzene rings is 1. The number of hydrogen-bond acceptors (Lipinski definition) is 6. The molecule has 0 unspecified atom stereocenters. The van der Waals surface area contributed by atoms with Crippen molar-refractivity contribution in [2.75, 3.05) is 5.32 Å². The van der Waals surface area contributed by atoms with E-state index in [-0.39, 0.29) is 10.1 Å². The Kier molecular flexibility index (Phi) is 5.12. The molecule has 0 saturated carbocycles. The van der Waals surface area contributed by atoms with E-state index >= 15 is 0 Å². The molecule has 138 valence electrons. The maximum Gasteiger partial charge on any atom is 0.250 e. The summed E-state index contributed by atoms with van der Waals surface area (Å²) in [6.45, 7) is 5.45. The van der Waals surface area contributed by atoms with E-state index in [9.17, 15) is 13.2 Å². The minimum atomic E-state index is -3.71. The predicted octanol–water partition coefficient (Wildman–Crippen LogP) is 3.32. The van der Waals surface area contributed by atoms with E-state index in [4.69, 9.17) is 4.42 Å². The van der Waals surface area contributed by atoms with Crippen molar-refractivity contribution in [1.29, 1.82) is 0 Å². The second kappa shape index (κ2) is 7.18. The highest BCUT2D eigenvalue weighted by Gasteiger charge is 2.23. The van der Waals surface area contributed by atoms with Gasteiger partial charge in [-0.2, -0.15) is 4.72 Å². The molecule has 2 aromatic heterocycles. The largest absolute Gasteiger partial charge is 0.440 e. The summed E-state index contributed by atoms with van der Waals surface area (Å²) in [5, 5.41) is 4.36. The van der Waals surface area contributed by atoms with E-state index in [2.05, 4.69) is 15.0 Å². The molecule has 1 aromatic carbocycles. The summed E-state index contributed by atoms with van der Waals surface area (Å²) < 4.78 is 32.6. The lowest BCUT2D eigenvalue weighted by Gasteiger charge is -2.13. The molecule has 0 aliphatic heterocycles. The number of carbonyl (C=O) groups is 1. The van der Waals surface area contributed by atoms with Crippen LogP contribution in [0.3, 0.4) is 0 Å². The molecule has 0 radical (unpaired) electrons. The molecular formula is C17H19N3O4S2. The molecule has 1 atom stereocenters. The van der Waals surface area contributed by atoms with Gasteiger partial charge in [0.05, 0.1) is 6.04 Å². The second-order valence-electron chi connectivity index (χ2n) is 6.15. The average Bonchev–Trinajstić information content (AvgIpc) is 3.24. The lowest BCUT2D eigenvalue weighted by molar-refractivity contribution is -0.117. The Hall–Kier alpha value is -2.23. The highest BCUT2D eigenvalue weighted by Crippen LogP contribution is 2.24. The van der Waals surface area contributed by atoms with Gasteiger partial charge in [0.1, 0.15) is 9.73 Å². The number of rotatable bonds is 6. The highest BCUT2D eigenvalue weighted by atomic mass is 32.2. The van der Waals surface area contributed by atoms with Crippen LogP contribution in [0.2, 0.25) is 0 Å². The number of thiophene rings is 1. The topological polar surface area (TPSA) is 101 Å². The van der Waals surface area contributed by atoms with Gasteiger partial charge in [0.15, 0.2) is 11.5 Å². The third kappa shape index (κ3) is 3.95. The normalized spacial score (nSPS) is 13.2. The lowest BCUT2D eigenvalue weighted by atomic mass is 10.2. The predicted molar refractivity (Wildman–Crippen MR) is 101 cm³/mol. The second-order valence-corrected chi connectivity index (χ2v) is 9.04. The summed E-state index contributed by atoms with van der Waals surface area (Å²) in [4.78, 5) is 16.7. The third-order valence-electron chi connectivity index (χ3n) is 3.65. The molecule has 0 spiro atoms. The smallest absolute Gasteiger partial charge is 0.250 e. The van der Waals surface area contributed by atoms with Gasteiger partial charge in [0, 0.05) is 11.6 Å². The first-order valence-corrected chi connectivity index (χ1v) is 10.4. The molecule has 9 heteroatoms. The van der Waals surface area contributed by atoms with Crippen LogP contribution in [0, 0.1) is 0 Å². The standard InChI is InChI=1S/C17H19N3O4S2/c1-10(2)17-19-13-9-12(6-7-14(13)24-17)18-16(21)11(3)20-26(22,23)15-5-4-8-25-15/h4-11,20H,1-3H3,(H,18,21)/t11-/m1/s1. The van der Waals surface area contributed by atoms with E-state index in [0.29, 0.717) is 22.7 Å². The van der Waals surface area contributed by atoms with E-state index in [0.717, 1.165) is 11.3 Å². The van der Waals surface area contributed by atoms with E-state index in [1.165, 1.54) is 13.0 Å². The number of hydrogen-bond donors (Lipinski definition) is 2. The van der Waals surface area contributed by atoms with Crippen LogP contribution in [0.4, 0.5) is 5.69 Å². The first-order valence-electron chi connectivity index (χ1n) is 8.03. The van der Waals surface area contributed by atoms with Gasteiger partial charge in [-0.1, -0.05) is 19.9 Å². The Morgan fingerprint density at radius 1 is 1.23 bits per heavy atom. The summed E-state index contributed by atoms with van der Waals surface area (Å²) in [7, 11) is -3.71. The molecule has 0 aliphatic carbocycles. The zero-order chi connectivity index (χ0) is 18.9. The third-order valence-corrected chi connectivity index (χ3v) is 6.59. The molecule has 7 nitrogen and oxygen atoms in total. The molecule has 0 saturated heterocycles. The van der Waals surface area contributed by atoms with Crippen molar-refractivity contribution >= 4 is 44.1 Å². The SMILES string of the molecule is CC(C)c1nc2cc(NC(=O)[C@@H](C)NS(=O)(=O)c3cccs3)ccc2o1. The van der Waals surface area contributed by atoms with Crippen molar-refractivity contribution in [3.63, 3.8) is 0 Å². The number of sulfonamides is 1. The number of nitrogens with one attached hydrogen (secondary N) is 2. The molecule has 3 aromatic rings. The van der Waals surface area contributed by atoms with Crippen LogP contribution >= 0.6 is 11.3 Å². The van der Waals surface area contributed by atoms with Gasteiger partial charge in [-0.15, -0.1) is 11.3 Å². The molecule has 0 fully saturated rings. The quantitative estimate of drug-likeness (QED) is 0.669. The van der Waals surface area contributed by atoms with Crippen LogP contribution in [0.1, 0.15) is 32.6 Å². The summed E-state index contributed by atoms with van der Waals surface area (Å²) in [6.07, 6.45) is 0. The summed E-state index contributed by atoms with van der Waals surface area (Å²) in [5.41, 5.74) is 1.80. The number of carbonyl (C=O) groups excluding carboxylic acids is 1. The number of oxazole rings is 1. The first kappa shape index (κ1) is 18.6. The molecule has 2 N–H and O–H groups in total. The Labute approximate surface area is 155 Å². The van der Waals surface area contributed by atoms with Gasteiger partial charge in [-0.3, -0.25) is 4.79 Å². The van der Waals surface area contributed by atoms with Crippen LogP contribution in [0.5, 0.6) is 0 Å². The van der Waals surface area contributed by atoms with Crippen molar-refractivity contribution in [3.05, 3.63) is 41.6 Å². The minimum absolute atomic E-state index is 0.159. The van der Waals surface area contributed by atoms with Crippen molar-refractivity contribution in [2.45, 2.75) is 36.9 Å². The Balaban J connectivity index is 1.71. The molecule has 2 heterocycles. The van der Waals surface area contributed by atoms with Gasteiger partial charge in [0.2, 0.25) is 5.91 Å². The molecule has 0 aliphatic rings. The maximum atomic E-state index is 12.3. The van der Waals surface area contributed by atoms with Crippen molar-refractivity contribution in [3.8, 4) is 0 Å². The Bertz CT molecular complexity index is 1020. The number of aromatic nitrogens is 1. The summed E-state index contributed by atoms with van der Waals surface area (Å²) in [5.74, 6) is 0.324. The molecule has 1 amide bonds. The van der Waals surface area contributed by atoms with Crippen LogP contribution in [0.15, 0.2) is 44.3 Å². The van der Waals surface area contributed by atoms with Crippen LogP contribution < -0.4 is 10.0 Å². The van der Waals surface area contributed by atoms with E-state index < -0.39 is 22.0 Å². The minimum Gasteiger partial charge on any atom is -0.440 e. The zero-order valence-electron chi connectivity index (χ0n) is 14.5. The van der Waals surface area contributed by atoms with Crippen molar-refractivity contribution < 1.29 is 17.6 Å².